The van der Waals surface area contributed by atoms with Crippen molar-refractivity contribution in [2.75, 3.05) is 56.1 Å². The van der Waals surface area contributed by atoms with Crippen LogP contribution >= 0.6 is 0 Å². The van der Waals surface area contributed by atoms with Gasteiger partial charge in [0.2, 0.25) is 5.91 Å². The molecule has 0 aliphatic carbocycles. The third-order valence-electron chi connectivity index (χ3n) is 5.76. The molecule has 0 unspecified atom stereocenters. The fourth-order valence-corrected chi connectivity index (χ4v) is 3.77. The molecule has 2 aromatic rings. The molecule has 8 nitrogen and oxygen atoms in total. The van der Waals surface area contributed by atoms with Gasteiger partial charge in [0.1, 0.15) is 0 Å². The largest absolute Gasteiger partial charge is 0.372 e. The molecule has 3 rings (SSSR count). The number of para-hydroxylation sites is 1. The van der Waals surface area contributed by atoms with Crippen molar-refractivity contribution in [2.24, 2.45) is 0 Å². The maximum absolute atomic E-state index is 12.8. The third kappa shape index (κ3) is 4.81. The molecule has 1 saturated heterocycles. The van der Waals surface area contributed by atoms with Gasteiger partial charge in [-0.05, 0) is 25.5 Å². The Labute approximate surface area is 178 Å². The van der Waals surface area contributed by atoms with Gasteiger partial charge in [-0.2, -0.15) is 9.78 Å². The van der Waals surface area contributed by atoms with Crippen LogP contribution in [0.2, 0.25) is 0 Å². The highest BCUT2D eigenvalue weighted by molar-refractivity contribution is 5.91. The number of carbonyl (C=O) groups is 2. The van der Waals surface area contributed by atoms with E-state index in [-0.39, 0.29) is 11.9 Å². The Morgan fingerprint density at radius 1 is 1.07 bits per heavy atom. The lowest BCUT2D eigenvalue weighted by Crippen LogP contribution is -2.49. The number of piperazine rings is 1. The topological polar surface area (TPSA) is 64.9 Å². The zero-order valence-corrected chi connectivity index (χ0v) is 18.4. The SMILES string of the molecule is CCN(CC)c1ccccc1CN1CCN(C(=O)n2cc(N(C)C(C)=O)cn2)CC1. The number of hydrogen-bond acceptors (Lipinski definition) is 5. The molecular formula is C22H32N6O2. The fraction of sp³-hybridized carbons (Fsp3) is 0.500. The summed E-state index contributed by atoms with van der Waals surface area (Å²) >= 11 is 0. The Hall–Kier alpha value is -2.87. The highest BCUT2D eigenvalue weighted by Gasteiger charge is 2.24. The van der Waals surface area contributed by atoms with Crippen LogP contribution in [0.15, 0.2) is 36.7 Å². The van der Waals surface area contributed by atoms with Gasteiger partial charge < -0.3 is 14.7 Å². The smallest absolute Gasteiger partial charge is 0.344 e. The summed E-state index contributed by atoms with van der Waals surface area (Å²) in [6.07, 6.45) is 3.15. The number of carbonyl (C=O) groups excluding carboxylic acids is 2. The lowest BCUT2D eigenvalue weighted by atomic mass is 10.1. The summed E-state index contributed by atoms with van der Waals surface area (Å²) in [6, 6.07) is 8.42. The molecule has 2 amide bonds. The van der Waals surface area contributed by atoms with E-state index >= 15 is 0 Å². The molecule has 0 atom stereocenters. The van der Waals surface area contributed by atoms with E-state index in [4.69, 9.17) is 0 Å². The van der Waals surface area contributed by atoms with Crippen molar-refractivity contribution < 1.29 is 9.59 Å². The van der Waals surface area contributed by atoms with Gasteiger partial charge >= 0.3 is 6.03 Å². The van der Waals surface area contributed by atoms with Crippen molar-refractivity contribution in [2.45, 2.75) is 27.3 Å². The second kappa shape index (κ2) is 9.75. The Kier molecular flexibility index (Phi) is 7.10. The summed E-state index contributed by atoms with van der Waals surface area (Å²) in [5.74, 6) is -0.0967. The number of amides is 2. The van der Waals surface area contributed by atoms with Gasteiger partial charge in [0, 0.05) is 65.5 Å². The van der Waals surface area contributed by atoms with Crippen molar-refractivity contribution in [3.63, 3.8) is 0 Å². The van der Waals surface area contributed by atoms with Crippen LogP contribution in [0.4, 0.5) is 16.2 Å². The number of hydrogen-bond donors (Lipinski definition) is 0. The Bertz CT molecular complexity index is 868. The number of benzene rings is 1. The molecule has 2 heterocycles. The molecule has 1 aromatic carbocycles. The van der Waals surface area contributed by atoms with Crippen LogP contribution in [0.1, 0.15) is 26.3 Å². The van der Waals surface area contributed by atoms with Gasteiger partial charge in [-0.3, -0.25) is 9.69 Å². The lowest BCUT2D eigenvalue weighted by Gasteiger charge is -2.35. The summed E-state index contributed by atoms with van der Waals surface area (Å²) < 4.78 is 1.32. The molecule has 0 N–H and O–H groups in total. The molecule has 8 heteroatoms. The van der Waals surface area contributed by atoms with Crippen LogP contribution in [-0.2, 0) is 11.3 Å². The molecule has 1 aromatic heterocycles. The maximum atomic E-state index is 12.8. The van der Waals surface area contributed by atoms with Crippen LogP contribution in [0.3, 0.4) is 0 Å². The van der Waals surface area contributed by atoms with Crippen LogP contribution in [-0.4, -0.2) is 77.8 Å². The van der Waals surface area contributed by atoms with Crippen LogP contribution in [0, 0.1) is 0 Å². The number of nitrogens with zero attached hydrogens (tertiary/aromatic N) is 6. The van der Waals surface area contributed by atoms with E-state index in [1.54, 1.807) is 19.4 Å². The molecule has 0 saturated carbocycles. The first-order valence-electron chi connectivity index (χ1n) is 10.6. The van der Waals surface area contributed by atoms with Crippen molar-refractivity contribution >= 4 is 23.3 Å². The van der Waals surface area contributed by atoms with Gasteiger partial charge in [0.25, 0.3) is 0 Å². The molecule has 162 valence electrons. The van der Waals surface area contributed by atoms with Gasteiger partial charge in [0.15, 0.2) is 0 Å². The first-order chi connectivity index (χ1) is 14.4. The van der Waals surface area contributed by atoms with Crippen molar-refractivity contribution in [3.8, 4) is 0 Å². The maximum Gasteiger partial charge on any atom is 0.344 e. The lowest BCUT2D eigenvalue weighted by molar-refractivity contribution is -0.116. The van der Waals surface area contributed by atoms with E-state index in [1.165, 1.54) is 27.8 Å². The van der Waals surface area contributed by atoms with Crippen LogP contribution < -0.4 is 9.80 Å². The van der Waals surface area contributed by atoms with E-state index < -0.39 is 0 Å². The Morgan fingerprint density at radius 2 is 1.73 bits per heavy atom. The summed E-state index contributed by atoms with van der Waals surface area (Å²) in [4.78, 5) is 32.4. The second-order valence-electron chi connectivity index (χ2n) is 7.57. The van der Waals surface area contributed by atoms with Crippen molar-refractivity contribution in [1.82, 2.24) is 19.6 Å². The van der Waals surface area contributed by atoms with Crippen LogP contribution in [0.5, 0.6) is 0 Å². The Balaban J connectivity index is 1.59. The van der Waals surface area contributed by atoms with E-state index in [0.717, 1.165) is 32.7 Å². The van der Waals surface area contributed by atoms with Crippen LogP contribution in [0.25, 0.3) is 0 Å². The minimum Gasteiger partial charge on any atom is -0.372 e. The zero-order chi connectivity index (χ0) is 21.7. The van der Waals surface area contributed by atoms with Gasteiger partial charge in [-0.25, -0.2) is 4.79 Å². The van der Waals surface area contributed by atoms with Gasteiger partial charge in [-0.15, -0.1) is 0 Å². The van der Waals surface area contributed by atoms with E-state index in [1.807, 2.05) is 4.90 Å². The predicted octanol–water partition coefficient (Wildman–Crippen LogP) is 2.50. The summed E-state index contributed by atoms with van der Waals surface area (Å²) in [7, 11) is 1.67. The highest BCUT2D eigenvalue weighted by atomic mass is 16.2. The highest BCUT2D eigenvalue weighted by Crippen LogP contribution is 2.22. The Morgan fingerprint density at radius 3 is 2.37 bits per heavy atom. The number of aromatic nitrogens is 2. The van der Waals surface area contributed by atoms with Gasteiger partial charge in [-0.1, -0.05) is 18.2 Å². The monoisotopic (exact) mass is 412 g/mol. The van der Waals surface area contributed by atoms with Gasteiger partial charge in [0.05, 0.1) is 18.1 Å². The quantitative estimate of drug-likeness (QED) is 0.729. The summed E-state index contributed by atoms with van der Waals surface area (Å²) in [5.41, 5.74) is 3.23. The van der Waals surface area contributed by atoms with E-state index in [2.05, 4.69) is 53.0 Å². The molecule has 1 fully saturated rings. The molecule has 0 bridgehead atoms. The molecule has 0 radical (unpaired) electrons. The standard InChI is InChI=1S/C22H32N6O2/c1-5-26(6-2)21-10-8-7-9-19(21)16-25-11-13-27(14-12-25)22(30)28-17-20(15-23-28)24(4)18(3)29/h7-10,15,17H,5-6,11-14,16H2,1-4H3. The first-order valence-corrected chi connectivity index (χ1v) is 10.6. The number of rotatable bonds is 6. The minimum absolute atomic E-state index is 0.0967. The second-order valence-corrected chi connectivity index (χ2v) is 7.57. The zero-order valence-electron chi connectivity index (χ0n) is 18.4. The molecular weight excluding hydrogens is 380 g/mol. The molecule has 1 aliphatic heterocycles. The molecule has 30 heavy (non-hydrogen) atoms. The average molecular weight is 413 g/mol. The summed E-state index contributed by atoms with van der Waals surface area (Å²) in [6.45, 7) is 11.6. The van der Waals surface area contributed by atoms with Crippen molar-refractivity contribution in [3.05, 3.63) is 42.2 Å². The predicted molar refractivity (Wildman–Crippen MR) is 119 cm³/mol. The normalized spacial score (nSPS) is 14.6. The average Bonchev–Trinajstić information content (AvgIpc) is 3.25. The summed E-state index contributed by atoms with van der Waals surface area (Å²) in [5, 5.41) is 4.14. The molecule has 1 aliphatic rings. The fourth-order valence-electron chi connectivity index (χ4n) is 3.77. The first kappa shape index (κ1) is 21.8. The molecule has 0 spiro atoms. The van der Waals surface area contributed by atoms with E-state index in [0.29, 0.717) is 18.8 Å². The van der Waals surface area contributed by atoms with E-state index in [9.17, 15) is 9.59 Å². The number of anilines is 2. The van der Waals surface area contributed by atoms with Crippen molar-refractivity contribution in [1.29, 1.82) is 0 Å². The minimum atomic E-state index is -0.151. The third-order valence-corrected chi connectivity index (χ3v) is 5.76.